The van der Waals surface area contributed by atoms with Gasteiger partial charge in [0.25, 0.3) is 0 Å². The fraction of sp³-hybridized carbons (Fsp3) is 1.00. The molecular weight excluding hydrogens is 278 g/mol. The van der Waals surface area contributed by atoms with Gasteiger partial charge in [-0.05, 0) is 87.4 Å². The normalized spacial score (nSPS) is 47.3. The van der Waals surface area contributed by atoms with Gasteiger partial charge in [0.15, 0.2) is 0 Å². The molecule has 0 spiro atoms. The van der Waals surface area contributed by atoms with Crippen molar-refractivity contribution in [2.24, 2.45) is 29.6 Å². The summed E-state index contributed by atoms with van der Waals surface area (Å²) >= 11 is 0. The number of halogens is 2. The summed E-state index contributed by atoms with van der Waals surface area (Å²) in [5.41, 5.74) is 0. The van der Waals surface area contributed by atoms with Gasteiger partial charge in [-0.3, -0.25) is 0 Å². The quantitative estimate of drug-likeness (QED) is 0.559. The van der Waals surface area contributed by atoms with Gasteiger partial charge >= 0.3 is 0 Å². The van der Waals surface area contributed by atoms with Crippen LogP contribution in [-0.2, 0) is 0 Å². The van der Waals surface area contributed by atoms with E-state index in [0.29, 0.717) is 24.7 Å². The predicted octanol–water partition coefficient (Wildman–Crippen LogP) is 6.49. The summed E-state index contributed by atoms with van der Waals surface area (Å²) in [4.78, 5) is 0. The van der Waals surface area contributed by atoms with E-state index in [0.717, 1.165) is 24.2 Å². The van der Waals surface area contributed by atoms with E-state index in [-0.39, 0.29) is 0 Å². The van der Waals surface area contributed by atoms with Crippen molar-refractivity contribution in [2.75, 3.05) is 0 Å². The molecule has 22 heavy (non-hydrogen) atoms. The molecule has 0 aromatic carbocycles. The van der Waals surface area contributed by atoms with E-state index in [9.17, 15) is 8.78 Å². The van der Waals surface area contributed by atoms with Crippen LogP contribution < -0.4 is 0 Å². The lowest BCUT2D eigenvalue weighted by Gasteiger charge is -2.41. The van der Waals surface area contributed by atoms with E-state index in [4.69, 9.17) is 0 Å². The van der Waals surface area contributed by atoms with Gasteiger partial charge in [-0.25, -0.2) is 8.78 Å². The molecule has 0 saturated heterocycles. The maximum atomic E-state index is 13.6. The molecular formula is C20H34F2. The van der Waals surface area contributed by atoms with Crippen molar-refractivity contribution in [3.63, 3.8) is 0 Å². The zero-order chi connectivity index (χ0) is 15.5. The molecule has 128 valence electrons. The summed E-state index contributed by atoms with van der Waals surface area (Å²) in [5.74, 6) is 4.06. The molecule has 0 N–H and O–H groups in total. The third kappa shape index (κ3) is 3.85. The Labute approximate surface area is 135 Å². The first-order valence-electron chi connectivity index (χ1n) is 9.95. The van der Waals surface area contributed by atoms with Gasteiger partial charge in [0.05, 0.1) is 0 Å². The van der Waals surface area contributed by atoms with E-state index in [1.165, 1.54) is 57.8 Å². The van der Waals surface area contributed by atoms with Crippen molar-refractivity contribution < 1.29 is 8.78 Å². The van der Waals surface area contributed by atoms with Crippen molar-refractivity contribution in [1.29, 1.82) is 0 Å². The Hall–Kier alpha value is -0.140. The summed E-state index contributed by atoms with van der Waals surface area (Å²) in [7, 11) is 0. The first-order chi connectivity index (χ1) is 10.7. The minimum atomic E-state index is -1.18. The average Bonchev–Trinajstić information content (AvgIpc) is 2.58. The van der Waals surface area contributed by atoms with Gasteiger partial charge in [0, 0.05) is 0 Å². The Morgan fingerprint density at radius 1 is 0.591 bits per heavy atom. The summed E-state index contributed by atoms with van der Waals surface area (Å²) in [6.07, 6.45) is 12.0. The Bertz CT molecular complexity index is 327. The first kappa shape index (κ1) is 16.7. The molecule has 3 aliphatic carbocycles. The second kappa shape index (κ2) is 7.62. The van der Waals surface area contributed by atoms with Crippen LogP contribution in [0.5, 0.6) is 0 Å². The van der Waals surface area contributed by atoms with Crippen molar-refractivity contribution in [3.05, 3.63) is 0 Å². The largest absolute Gasteiger partial charge is 0.244 e. The third-order valence-electron chi connectivity index (χ3n) is 7.35. The molecule has 0 aliphatic heterocycles. The van der Waals surface area contributed by atoms with E-state index >= 15 is 0 Å². The zero-order valence-corrected chi connectivity index (χ0v) is 14.3. The Balaban J connectivity index is 1.43. The monoisotopic (exact) mass is 312 g/mol. The van der Waals surface area contributed by atoms with Crippen LogP contribution in [0.2, 0.25) is 0 Å². The molecule has 0 heterocycles. The van der Waals surface area contributed by atoms with Crippen LogP contribution >= 0.6 is 0 Å². The SMILES string of the molecule is CCC1CCC(C2CCC(C3CCC(F)C(F)C3)CC2)CC1. The molecule has 0 nitrogen and oxygen atoms in total. The Morgan fingerprint density at radius 2 is 1.05 bits per heavy atom. The summed E-state index contributed by atoms with van der Waals surface area (Å²) in [6, 6.07) is 0. The fourth-order valence-corrected chi connectivity index (χ4v) is 5.69. The van der Waals surface area contributed by atoms with Gasteiger partial charge < -0.3 is 0 Å². The van der Waals surface area contributed by atoms with E-state index in [2.05, 4.69) is 6.92 Å². The summed E-state index contributed by atoms with van der Waals surface area (Å²) < 4.78 is 27.0. The van der Waals surface area contributed by atoms with Gasteiger partial charge in [0.1, 0.15) is 12.3 Å². The minimum Gasteiger partial charge on any atom is -0.244 e. The summed E-state index contributed by atoms with van der Waals surface area (Å²) in [6.45, 7) is 2.33. The van der Waals surface area contributed by atoms with E-state index < -0.39 is 12.3 Å². The number of hydrogen-bond acceptors (Lipinski definition) is 0. The Kier molecular flexibility index (Phi) is 5.79. The number of hydrogen-bond donors (Lipinski definition) is 0. The van der Waals surface area contributed by atoms with Crippen molar-refractivity contribution in [2.45, 2.75) is 96.3 Å². The lowest BCUT2D eigenvalue weighted by atomic mass is 9.65. The lowest BCUT2D eigenvalue weighted by Crippen LogP contribution is -2.34. The van der Waals surface area contributed by atoms with Gasteiger partial charge in [-0.15, -0.1) is 0 Å². The van der Waals surface area contributed by atoms with Crippen LogP contribution in [0.1, 0.15) is 84.0 Å². The highest BCUT2D eigenvalue weighted by Gasteiger charge is 2.37. The van der Waals surface area contributed by atoms with Crippen LogP contribution in [0.3, 0.4) is 0 Å². The maximum absolute atomic E-state index is 13.6. The first-order valence-corrected chi connectivity index (χ1v) is 9.95. The molecule has 3 fully saturated rings. The van der Waals surface area contributed by atoms with Crippen molar-refractivity contribution in [3.8, 4) is 0 Å². The lowest BCUT2D eigenvalue weighted by molar-refractivity contribution is 0.0473. The number of alkyl halides is 2. The van der Waals surface area contributed by atoms with Crippen LogP contribution in [0.15, 0.2) is 0 Å². The Morgan fingerprint density at radius 3 is 1.55 bits per heavy atom. The topological polar surface area (TPSA) is 0 Å². The highest BCUT2D eigenvalue weighted by molar-refractivity contribution is 4.88. The highest BCUT2D eigenvalue weighted by Crippen LogP contribution is 2.46. The number of rotatable bonds is 3. The smallest absolute Gasteiger partial charge is 0.131 e. The summed E-state index contributed by atoms with van der Waals surface area (Å²) in [5, 5.41) is 0. The van der Waals surface area contributed by atoms with Crippen LogP contribution in [-0.4, -0.2) is 12.3 Å². The molecule has 3 atom stereocenters. The molecule has 3 unspecified atom stereocenters. The predicted molar refractivity (Wildman–Crippen MR) is 88.3 cm³/mol. The van der Waals surface area contributed by atoms with Crippen LogP contribution in [0.25, 0.3) is 0 Å². The van der Waals surface area contributed by atoms with E-state index in [1.807, 2.05) is 0 Å². The van der Waals surface area contributed by atoms with Gasteiger partial charge in [-0.2, -0.15) is 0 Å². The van der Waals surface area contributed by atoms with Crippen molar-refractivity contribution >= 4 is 0 Å². The van der Waals surface area contributed by atoms with Gasteiger partial charge in [-0.1, -0.05) is 26.2 Å². The second-order valence-electron chi connectivity index (χ2n) is 8.47. The molecule has 0 amide bonds. The fourth-order valence-electron chi connectivity index (χ4n) is 5.69. The molecule has 0 aromatic heterocycles. The molecule has 2 heteroatoms. The standard InChI is InChI=1S/C20H34F2/c1-2-14-3-5-15(6-4-14)16-7-9-17(10-8-16)18-11-12-19(21)20(22)13-18/h14-20H,2-13H2,1H3. The van der Waals surface area contributed by atoms with Crippen LogP contribution in [0, 0.1) is 29.6 Å². The zero-order valence-electron chi connectivity index (χ0n) is 14.3. The van der Waals surface area contributed by atoms with E-state index in [1.54, 1.807) is 0 Å². The molecule has 0 radical (unpaired) electrons. The van der Waals surface area contributed by atoms with Gasteiger partial charge in [0.2, 0.25) is 0 Å². The second-order valence-corrected chi connectivity index (χ2v) is 8.47. The molecule has 0 aromatic rings. The van der Waals surface area contributed by atoms with Crippen LogP contribution in [0.4, 0.5) is 8.78 Å². The molecule has 3 rings (SSSR count). The molecule has 3 saturated carbocycles. The third-order valence-corrected chi connectivity index (χ3v) is 7.35. The highest BCUT2D eigenvalue weighted by atomic mass is 19.2. The molecule has 0 bridgehead atoms. The average molecular weight is 312 g/mol. The maximum Gasteiger partial charge on any atom is 0.131 e. The minimum absolute atomic E-state index is 0.465. The molecule has 3 aliphatic rings. The van der Waals surface area contributed by atoms with Crippen molar-refractivity contribution in [1.82, 2.24) is 0 Å².